The van der Waals surface area contributed by atoms with E-state index in [1.807, 2.05) is 31.3 Å². The monoisotopic (exact) mass is 202 g/mol. The van der Waals surface area contributed by atoms with Crippen molar-refractivity contribution >= 4 is 17.0 Å². The molecule has 3 N–H and O–H groups in total. The van der Waals surface area contributed by atoms with Gasteiger partial charge in [-0.05, 0) is 12.1 Å². The van der Waals surface area contributed by atoms with E-state index in [0.29, 0.717) is 6.54 Å². The SMILES string of the molecule is C=C(CNc1nc2ccccc2[nH]1)NC. The average Bonchev–Trinajstić information content (AvgIpc) is 2.68. The molecule has 0 saturated heterocycles. The number of H-pyrrole nitrogens is 1. The summed E-state index contributed by atoms with van der Waals surface area (Å²) in [4.78, 5) is 7.57. The lowest BCUT2D eigenvalue weighted by Crippen LogP contribution is -2.14. The maximum atomic E-state index is 4.38. The van der Waals surface area contributed by atoms with Gasteiger partial charge in [-0.3, -0.25) is 0 Å². The Hall–Kier alpha value is -1.97. The normalized spacial score (nSPS) is 10.2. The molecule has 0 spiro atoms. The summed E-state index contributed by atoms with van der Waals surface area (Å²) >= 11 is 0. The predicted molar refractivity (Wildman–Crippen MR) is 62.8 cm³/mol. The van der Waals surface area contributed by atoms with Gasteiger partial charge in [0.1, 0.15) is 0 Å². The van der Waals surface area contributed by atoms with Crippen LogP contribution in [-0.4, -0.2) is 23.6 Å². The van der Waals surface area contributed by atoms with E-state index in [1.54, 1.807) is 0 Å². The molecule has 1 aromatic carbocycles. The van der Waals surface area contributed by atoms with Gasteiger partial charge in [-0.1, -0.05) is 18.7 Å². The van der Waals surface area contributed by atoms with Gasteiger partial charge in [0, 0.05) is 12.7 Å². The first-order chi connectivity index (χ1) is 7.29. The molecule has 1 heterocycles. The molecule has 4 heteroatoms. The lowest BCUT2D eigenvalue weighted by atomic mass is 10.3. The molecular formula is C11H14N4. The van der Waals surface area contributed by atoms with Crippen LogP contribution in [0.1, 0.15) is 0 Å². The lowest BCUT2D eigenvalue weighted by molar-refractivity contribution is 0.950. The number of likely N-dealkylation sites (N-methyl/N-ethyl adjacent to an activating group) is 1. The Balaban J connectivity index is 2.12. The first kappa shape index (κ1) is 9.58. The minimum Gasteiger partial charge on any atom is -0.390 e. The third-order valence-electron chi connectivity index (χ3n) is 2.21. The lowest BCUT2D eigenvalue weighted by Gasteiger charge is -2.04. The van der Waals surface area contributed by atoms with Crippen molar-refractivity contribution in [3.63, 3.8) is 0 Å². The Morgan fingerprint density at radius 1 is 1.47 bits per heavy atom. The van der Waals surface area contributed by atoms with Gasteiger partial charge >= 0.3 is 0 Å². The number of benzene rings is 1. The van der Waals surface area contributed by atoms with Crippen molar-refractivity contribution in [2.24, 2.45) is 0 Å². The van der Waals surface area contributed by atoms with Crippen molar-refractivity contribution in [2.75, 3.05) is 18.9 Å². The van der Waals surface area contributed by atoms with E-state index in [4.69, 9.17) is 0 Å². The number of hydrogen-bond acceptors (Lipinski definition) is 3. The third-order valence-corrected chi connectivity index (χ3v) is 2.21. The maximum Gasteiger partial charge on any atom is 0.201 e. The van der Waals surface area contributed by atoms with E-state index in [0.717, 1.165) is 22.7 Å². The topological polar surface area (TPSA) is 52.7 Å². The van der Waals surface area contributed by atoms with Crippen molar-refractivity contribution in [1.82, 2.24) is 15.3 Å². The van der Waals surface area contributed by atoms with Gasteiger partial charge in [0.15, 0.2) is 0 Å². The van der Waals surface area contributed by atoms with Crippen molar-refractivity contribution in [1.29, 1.82) is 0 Å². The van der Waals surface area contributed by atoms with Gasteiger partial charge in [0.2, 0.25) is 5.95 Å². The second-order valence-electron chi connectivity index (χ2n) is 3.31. The fourth-order valence-corrected chi connectivity index (χ4v) is 1.32. The van der Waals surface area contributed by atoms with E-state index >= 15 is 0 Å². The van der Waals surface area contributed by atoms with Gasteiger partial charge in [-0.2, -0.15) is 0 Å². The van der Waals surface area contributed by atoms with E-state index in [1.165, 1.54) is 0 Å². The number of fused-ring (bicyclic) bond motifs is 1. The number of nitrogens with one attached hydrogen (secondary N) is 3. The highest BCUT2D eigenvalue weighted by Crippen LogP contribution is 2.12. The molecule has 0 aliphatic heterocycles. The van der Waals surface area contributed by atoms with Gasteiger partial charge in [-0.15, -0.1) is 0 Å². The number of rotatable bonds is 4. The first-order valence-electron chi connectivity index (χ1n) is 4.84. The molecule has 0 fully saturated rings. The summed E-state index contributed by atoms with van der Waals surface area (Å²) in [6, 6.07) is 7.93. The van der Waals surface area contributed by atoms with E-state index < -0.39 is 0 Å². The Morgan fingerprint density at radius 2 is 2.27 bits per heavy atom. The van der Waals surface area contributed by atoms with Crippen LogP contribution in [0.3, 0.4) is 0 Å². The molecule has 78 valence electrons. The molecule has 0 unspecified atom stereocenters. The Kier molecular flexibility index (Phi) is 2.58. The van der Waals surface area contributed by atoms with Crippen LogP contribution >= 0.6 is 0 Å². The largest absolute Gasteiger partial charge is 0.390 e. The zero-order valence-electron chi connectivity index (χ0n) is 8.67. The van der Waals surface area contributed by atoms with Gasteiger partial charge in [-0.25, -0.2) is 4.98 Å². The summed E-state index contributed by atoms with van der Waals surface area (Å²) in [7, 11) is 1.85. The molecule has 0 atom stereocenters. The predicted octanol–water partition coefficient (Wildman–Crippen LogP) is 1.71. The second kappa shape index (κ2) is 4.04. The van der Waals surface area contributed by atoms with Crippen molar-refractivity contribution in [3.8, 4) is 0 Å². The molecule has 2 rings (SSSR count). The van der Waals surface area contributed by atoms with Crippen LogP contribution in [0.25, 0.3) is 11.0 Å². The number of hydrogen-bond donors (Lipinski definition) is 3. The van der Waals surface area contributed by atoms with Crippen LogP contribution in [-0.2, 0) is 0 Å². The second-order valence-corrected chi connectivity index (χ2v) is 3.31. The molecule has 15 heavy (non-hydrogen) atoms. The number of nitrogens with zero attached hydrogens (tertiary/aromatic N) is 1. The standard InChI is InChI=1S/C11H14N4/c1-8(12-2)7-13-11-14-9-5-3-4-6-10(9)15-11/h3-6,12H,1,7H2,2H3,(H2,13,14,15). The summed E-state index contributed by atoms with van der Waals surface area (Å²) < 4.78 is 0. The highest BCUT2D eigenvalue weighted by molar-refractivity contribution is 5.77. The smallest absolute Gasteiger partial charge is 0.201 e. The van der Waals surface area contributed by atoms with Crippen LogP contribution in [0.4, 0.5) is 5.95 Å². The minimum absolute atomic E-state index is 0.663. The Morgan fingerprint density at radius 3 is 3.00 bits per heavy atom. The summed E-state index contributed by atoms with van der Waals surface area (Å²) in [6.45, 7) is 4.49. The highest BCUT2D eigenvalue weighted by Gasteiger charge is 2.00. The number of aromatic amines is 1. The molecular weight excluding hydrogens is 188 g/mol. The van der Waals surface area contributed by atoms with E-state index in [2.05, 4.69) is 27.2 Å². The summed E-state index contributed by atoms with van der Waals surface area (Å²) in [5, 5.41) is 6.13. The summed E-state index contributed by atoms with van der Waals surface area (Å²) in [6.07, 6.45) is 0. The van der Waals surface area contributed by atoms with E-state index in [-0.39, 0.29) is 0 Å². The molecule has 0 amide bonds. The van der Waals surface area contributed by atoms with Crippen molar-refractivity contribution in [2.45, 2.75) is 0 Å². The summed E-state index contributed by atoms with van der Waals surface area (Å²) in [5.74, 6) is 0.771. The molecule has 0 saturated carbocycles. The fraction of sp³-hybridized carbons (Fsp3) is 0.182. The number of anilines is 1. The van der Waals surface area contributed by atoms with Crippen LogP contribution in [0.15, 0.2) is 36.5 Å². The van der Waals surface area contributed by atoms with Gasteiger partial charge in [0.25, 0.3) is 0 Å². The zero-order chi connectivity index (χ0) is 10.7. The Bertz CT molecular complexity index is 439. The number of imidazole rings is 1. The van der Waals surface area contributed by atoms with Gasteiger partial charge < -0.3 is 15.6 Å². The molecule has 2 aromatic rings. The van der Waals surface area contributed by atoms with E-state index in [9.17, 15) is 0 Å². The third kappa shape index (κ3) is 2.10. The molecule has 4 nitrogen and oxygen atoms in total. The minimum atomic E-state index is 0.663. The molecule has 0 bridgehead atoms. The first-order valence-corrected chi connectivity index (χ1v) is 4.84. The molecule has 0 aliphatic rings. The van der Waals surface area contributed by atoms with Crippen LogP contribution in [0, 0.1) is 0 Å². The number of para-hydroxylation sites is 2. The van der Waals surface area contributed by atoms with Crippen LogP contribution in [0.5, 0.6) is 0 Å². The molecule has 1 aromatic heterocycles. The zero-order valence-corrected chi connectivity index (χ0v) is 8.67. The average molecular weight is 202 g/mol. The van der Waals surface area contributed by atoms with Crippen LogP contribution < -0.4 is 10.6 Å². The fourth-order valence-electron chi connectivity index (χ4n) is 1.32. The van der Waals surface area contributed by atoms with Gasteiger partial charge in [0.05, 0.1) is 17.6 Å². The highest BCUT2D eigenvalue weighted by atomic mass is 15.1. The van der Waals surface area contributed by atoms with Crippen molar-refractivity contribution in [3.05, 3.63) is 36.5 Å². The summed E-state index contributed by atoms with van der Waals surface area (Å²) in [5.41, 5.74) is 2.93. The Labute approximate surface area is 88.4 Å². The quantitative estimate of drug-likeness (QED) is 0.707. The maximum absolute atomic E-state index is 4.38. The van der Waals surface area contributed by atoms with Crippen LogP contribution in [0.2, 0.25) is 0 Å². The molecule has 0 aliphatic carbocycles. The van der Waals surface area contributed by atoms with Crippen molar-refractivity contribution < 1.29 is 0 Å². The number of aromatic nitrogens is 2. The molecule has 0 radical (unpaired) electrons.